The standard InChI is InChI=1S/C25H24ClNO3/c1-16-8-10-17(11-9-16)25(28)27-13-12-18-14-22(29-2)23(30-3)15-20(18)24(27)19-6-4-5-7-21(19)26/h4-11,14-15,24H,12-13H2,1-3H3/t24-/m1/s1. The van der Waals surface area contributed by atoms with E-state index in [4.69, 9.17) is 21.1 Å². The minimum Gasteiger partial charge on any atom is -0.493 e. The van der Waals surface area contributed by atoms with Gasteiger partial charge >= 0.3 is 0 Å². The maximum absolute atomic E-state index is 13.5. The van der Waals surface area contributed by atoms with Gasteiger partial charge in [0.05, 0.1) is 20.3 Å². The SMILES string of the molecule is COc1cc2c(cc1OC)[C@@H](c1ccccc1Cl)N(C(=O)c1ccc(C)cc1)CC2. The molecule has 3 aromatic rings. The number of halogens is 1. The van der Waals surface area contributed by atoms with Crippen LogP contribution in [-0.2, 0) is 6.42 Å². The molecule has 0 radical (unpaired) electrons. The molecule has 154 valence electrons. The van der Waals surface area contributed by atoms with Crippen LogP contribution in [-0.4, -0.2) is 31.6 Å². The van der Waals surface area contributed by atoms with Gasteiger partial charge in [-0.15, -0.1) is 0 Å². The van der Waals surface area contributed by atoms with Gasteiger partial charge in [0, 0.05) is 17.1 Å². The second-order valence-electron chi connectivity index (χ2n) is 7.44. The first-order valence-electron chi connectivity index (χ1n) is 9.90. The van der Waals surface area contributed by atoms with Crippen molar-refractivity contribution < 1.29 is 14.3 Å². The maximum atomic E-state index is 13.5. The minimum atomic E-state index is -0.309. The fourth-order valence-corrected chi connectivity index (χ4v) is 4.30. The Balaban J connectivity index is 1.86. The third-order valence-electron chi connectivity index (χ3n) is 5.63. The first kappa shape index (κ1) is 20.3. The summed E-state index contributed by atoms with van der Waals surface area (Å²) in [7, 11) is 3.25. The molecule has 0 aromatic heterocycles. The number of carbonyl (C=O) groups excluding carboxylic acids is 1. The smallest absolute Gasteiger partial charge is 0.254 e. The first-order chi connectivity index (χ1) is 14.5. The second-order valence-corrected chi connectivity index (χ2v) is 7.85. The molecule has 0 saturated heterocycles. The van der Waals surface area contributed by atoms with E-state index in [-0.39, 0.29) is 11.9 Å². The average Bonchev–Trinajstić information content (AvgIpc) is 2.78. The van der Waals surface area contributed by atoms with E-state index >= 15 is 0 Å². The van der Waals surface area contributed by atoms with Crippen molar-refractivity contribution >= 4 is 17.5 Å². The Morgan fingerprint density at radius 3 is 2.30 bits per heavy atom. The van der Waals surface area contributed by atoms with Gasteiger partial charge in [0.1, 0.15) is 0 Å². The molecule has 4 nitrogen and oxygen atoms in total. The zero-order chi connectivity index (χ0) is 21.3. The Hall–Kier alpha value is -2.98. The van der Waals surface area contributed by atoms with Crippen molar-refractivity contribution in [3.8, 4) is 11.5 Å². The molecule has 1 aliphatic rings. The number of rotatable bonds is 4. The first-order valence-corrected chi connectivity index (χ1v) is 10.3. The number of hydrogen-bond donors (Lipinski definition) is 0. The number of ether oxygens (including phenoxy) is 2. The van der Waals surface area contributed by atoms with Crippen LogP contribution in [0.4, 0.5) is 0 Å². The molecule has 0 N–H and O–H groups in total. The molecule has 0 spiro atoms. The summed E-state index contributed by atoms with van der Waals surface area (Å²) in [4.78, 5) is 15.4. The highest BCUT2D eigenvalue weighted by Gasteiger charge is 2.34. The molecule has 1 amide bonds. The van der Waals surface area contributed by atoms with Crippen molar-refractivity contribution in [1.82, 2.24) is 4.90 Å². The number of aryl methyl sites for hydroxylation is 1. The van der Waals surface area contributed by atoms with Gasteiger partial charge in [0.25, 0.3) is 5.91 Å². The van der Waals surface area contributed by atoms with Crippen LogP contribution in [0.15, 0.2) is 60.7 Å². The summed E-state index contributed by atoms with van der Waals surface area (Å²) in [6.07, 6.45) is 0.730. The lowest BCUT2D eigenvalue weighted by Crippen LogP contribution is -2.40. The van der Waals surface area contributed by atoms with Gasteiger partial charge in [-0.25, -0.2) is 0 Å². The van der Waals surface area contributed by atoms with Crippen molar-refractivity contribution in [1.29, 1.82) is 0 Å². The third kappa shape index (κ3) is 3.63. The van der Waals surface area contributed by atoms with E-state index < -0.39 is 0 Å². The number of amides is 1. The van der Waals surface area contributed by atoms with Crippen LogP contribution in [0.25, 0.3) is 0 Å². The van der Waals surface area contributed by atoms with E-state index in [2.05, 4.69) is 0 Å². The average molecular weight is 422 g/mol. The molecular formula is C25H24ClNO3. The van der Waals surface area contributed by atoms with Gasteiger partial charge in [-0.2, -0.15) is 0 Å². The number of methoxy groups -OCH3 is 2. The highest BCUT2D eigenvalue weighted by molar-refractivity contribution is 6.31. The Kier molecular flexibility index (Phi) is 5.69. The van der Waals surface area contributed by atoms with E-state index in [0.29, 0.717) is 28.6 Å². The van der Waals surface area contributed by atoms with Crippen LogP contribution in [0.3, 0.4) is 0 Å². The summed E-state index contributed by atoms with van der Waals surface area (Å²) in [5, 5.41) is 0.631. The second kappa shape index (κ2) is 8.41. The fraction of sp³-hybridized carbons (Fsp3) is 0.240. The molecule has 0 aliphatic carbocycles. The predicted molar refractivity (Wildman–Crippen MR) is 119 cm³/mol. The van der Waals surface area contributed by atoms with E-state index in [1.807, 2.05) is 72.5 Å². The molecule has 0 saturated carbocycles. The minimum absolute atomic E-state index is 0.0136. The molecule has 1 atom stereocenters. The van der Waals surface area contributed by atoms with Gasteiger partial charge in [0.2, 0.25) is 0 Å². The summed E-state index contributed by atoms with van der Waals surface area (Å²) in [5.74, 6) is 1.31. The Morgan fingerprint density at radius 1 is 0.967 bits per heavy atom. The zero-order valence-corrected chi connectivity index (χ0v) is 18.1. The molecule has 0 unspecified atom stereocenters. The molecule has 4 rings (SSSR count). The van der Waals surface area contributed by atoms with Crippen molar-refractivity contribution in [2.45, 2.75) is 19.4 Å². The van der Waals surface area contributed by atoms with E-state index in [0.717, 1.165) is 28.7 Å². The fourth-order valence-electron chi connectivity index (χ4n) is 4.06. The van der Waals surface area contributed by atoms with Gasteiger partial charge in [-0.05, 0) is 60.4 Å². The molecule has 1 heterocycles. The van der Waals surface area contributed by atoms with Crippen LogP contribution in [0.2, 0.25) is 5.02 Å². The normalized spacial score (nSPS) is 15.5. The summed E-state index contributed by atoms with van der Waals surface area (Å²) in [5.41, 5.74) is 4.82. The van der Waals surface area contributed by atoms with Crippen LogP contribution in [0.5, 0.6) is 11.5 Å². The lowest BCUT2D eigenvalue weighted by molar-refractivity contribution is 0.0694. The number of fused-ring (bicyclic) bond motifs is 1. The van der Waals surface area contributed by atoms with Crippen LogP contribution in [0.1, 0.15) is 38.7 Å². The maximum Gasteiger partial charge on any atom is 0.254 e. The molecule has 30 heavy (non-hydrogen) atoms. The number of benzene rings is 3. The van der Waals surface area contributed by atoms with Crippen LogP contribution >= 0.6 is 11.6 Å². The van der Waals surface area contributed by atoms with Crippen molar-refractivity contribution in [2.75, 3.05) is 20.8 Å². The van der Waals surface area contributed by atoms with Crippen LogP contribution < -0.4 is 9.47 Å². The Labute approximate surface area is 182 Å². The lowest BCUT2D eigenvalue weighted by atomic mass is 9.87. The highest BCUT2D eigenvalue weighted by Crippen LogP contribution is 2.43. The predicted octanol–water partition coefficient (Wildman–Crippen LogP) is 5.45. The van der Waals surface area contributed by atoms with Crippen LogP contribution in [0, 0.1) is 6.92 Å². The molecular weight excluding hydrogens is 398 g/mol. The van der Waals surface area contributed by atoms with Crippen molar-refractivity contribution in [3.63, 3.8) is 0 Å². The summed E-state index contributed by atoms with van der Waals surface area (Å²) in [6, 6.07) is 19.0. The van der Waals surface area contributed by atoms with Gasteiger partial charge in [0.15, 0.2) is 11.5 Å². The monoisotopic (exact) mass is 421 g/mol. The largest absolute Gasteiger partial charge is 0.493 e. The van der Waals surface area contributed by atoms with Crippen molar-refractivity contribution in [3.05, 3.63) is 93.5 Å². The molecule has 0 bridgehead atoms. The Morgan fingerprint density at radius 2 is 1.63 bits per heavy atom. The van der Waals surface area contributed by atoms with E-state index in [1.54, 1.807) is 14.2 Å². The zero-order valence-electron chi connectivity index (χ0n) is 17.3. The third-order valence-corrected chi connectivity index (χ3v) is 5.98. The summed E-state index contributed by atoms with van der Waals surface area (Å²) >= 11 is 6.60. The quantitative estimate of drug-likeness (QED) is 0.562. The topological polar surface area (TPSA) is 38.8 Å². The number of carbonyl (C=O) groups is 1. The molecule has 3 aromatic carbocycles. The number of hydrogen-bond acceptors (Lipinski definition) is 3. The van der Waals surface area contributed by atoms with Gasteiger partial charge in [-0.3, -0.25) is 4.79 Å². The van der Waals surface area contributed by atoms with Crippen molar-refractivity contribution in [2.24, 2.45) is 0 Å². The van der Waals surface area contributed by atoms with E-state index in [9.17, 15) is 4.79 Å². The molecule has 0 fully saturated rings. The number of nitrogens with zero attached hydrogens (tertiary/aromatic N) is 1. The van der Waals surface area contributed by atoms with Gasteiger partial charge in [-0.1, -0.05) is 47.5 Å². The summed E-state index contributed by atoms with van der Waals surface area (Å²) in [6.45, 7) is 2.60. The Bertz CT molecular complexity index is 1080. The lowest BCUT2D eigenvalue weighted by Gasteiger charge is -2.38. The van der Waals surface area contributed by atoms with E-state index in [1.165, 1.54) is 0 Å². The highest BCUT2D eigenvalue weighted by atomic mass is 35.5. The summed E-state index contributed by atoms with van der Waals surface area (Å²) < 4.78 is 11.0. The van der Waals surface area contributed by atoms with Gasteiger partial charge < -0.3 is 14.4 Å². The molecule has 1 aliphatic heterocycles. The molecule has 5 heteroatoms.